The number of aromatic nitrogens is 1. The van der Waals surface area contributed by atoms with Crippen LogP contribution >= 0.6 is 15.9 Å². The van der Waals surface area contributed by atoms with Crippen LogP contribution in [0.25, 0.3) is 0 Å². The highest BCUT2D eigenvalue weighted by Gasteiger charge is 2.09. The molecule has 1 aromatic carbocycles. The monoisotopic (exact) mass is 386 g/mol. The van der Waals surface area contributed by atoms with Gasteiger partial charge in [0.1, 0.15) is 10.1 Å². The fourth-order valence-corrected chi connectivity index (χ4v) is 3.34. The molecule has 0 saturated heterocycles. The van der Waals surface area contributed by atoms with Crippen LogP contribution in [0.15, 0.2) is 40.0 Å². The molecular formula is C15H19BrN2O3S. The van der Waals surface area contributed by atoms with E-state index in [4.69, 9.17) is 5.84 Å². The van der Waals surface area contributed by atoms with Crippen LogP contribution in [0, 0.1) is 27.7 Å². The molecule has 0 spiro atoms. The van der Waals surface area contributed by atoms with Gasteiger partial charge in [-0.25, -0.2) is 14.3 Å². The van der Waals surface area contributed by atoms with Crippen molar-refractivity contribution < 1.29 is 17.6 Å². The molecule has 2 rings (SSSR count). The van der Waals surface area contributed by atoms with Gasteiger partial charge in [-0.3, -0.25) is 0 Å². The first-order valence-corrected chi connectivity index (χ1v) is 8.69. The third kappa shape index (κ3) is 4.79. The third-order valence-corrected chi connectivity index (χ3v) is 5.18. The van der Waals surface area contributed by atoms with Crippen LogP contribution < -0.4 is 10.5 Å². The molecule has 5 nitrogen and oxygen atoms in total. The molecule has 0 aliphatic heterocycles. The minimum absolute atomic E-state index is 0.0851. The molecule has 0 radical (unpaired) electrons. The third-order valence-electron chi connectivity index (χ3n) is 3.00. The van der Waals surface area contributed by atoms with Crippen molar-refractivity contribution in [1.29, 1.82) is 0 Å². The van der Waals surface area contributed by atoms with E-state index in [1.165, 1.54) is 4.68 Å². The lowest BCUT2D eigenvalue weighted by molar-refractivity contribution is -0.650. The zero-order chi connectivity index (χ0) is 17.1. The Bertz CT molecular complexity index is 746. The number of rotatable bonds is 1. The maximum atomic E-state index is 10.8. The molecule has 7 heteroatoms. The molecule has 0 aliphatic rings. The SMILES string of the molecule is Cc1cc(C)c(S(=O)(=O)[O-])c(C)c1.Cc1ccc[n+](N)c1Br. The number of pyridine rings is 1. The molecule has 1 heterocycles. The highest BCUT2D eigenvalue weighted by molar-refractivity contribution is 9.10. The molecule has 22 heavy (non-hydrogen) atoms. The number of nitrogens with two attached hydrogens (primary N) is 1. The quantitative estimate of drug-likeness (QED) is 0.352. The minimum Gasteiger partial charge on any atom is -0.744 e. The summed E-state index contributed by atoms with van der Waals surface area (Å²) in [6.07, 6.45) is 1.79. The Morgan fingerprint density at radius 1 is 1.09 bits per heavy atom. The lowest BCUT2D eigenvalue weighted by Crippen LogP contribution is -2.45. The predicted molar refractivity (Wildman–Crippen MR) is 87.8 cm³/mol. The number of hydrogen-bond donors (Lipinski definition) is 1. The van der Waals surface area contributed by atoms with Gasteiger partial charge in [0.05, 0.1) is 4.90 Å². The van der Waals surface area contributed by atoms with Gasteiger partial charge in [0, 0.05) is 27.6 Å². The van der Waals surface area contributed by atoms with Gasteiger partial charge < -0.3 is 4.55 Å². The summed E-state index contributed by atoms with van der Waals surface area (Å²) in [5.41, 5.74) is 3.14. The number of nitrogen functional groups attached to an aromatic ring is 1. The van der Waals surface area contributed by atoms with Crippen LogP contribution in [0.4, 0.5) is 0 Å². The van der Waals surface area contributed by atoms with Crippen molar-refractivity contribution in [3.8, 4) is 0 Å². The topological polar surface area (TPSA) is 87.1 Å². The van der Waals surface area contributed by atoms with Crippen LogP contribution in [0.3, 0.4) is 0 Å². The lowest BCUT2D eigenvalue weighted by Gasteiger charge is -2.14. The first kappa shape index (κ1) is 18.6. The van der Waals surface area contributed by atoms with Crippen molar-refractivity contribution in [2.24, 2.45) is 0 Å². The second-order valence-electron chi connectivity index (χ2n) is 5.07. The summed E-state index contributed by atoms with van der Waals surface area (Å²) >= 11 is 3.32. The molecule has 0 unspecified atom stereocenters. The van der Waals surface area contributed by atoms with Gasteiger partial charge in [0.2, 0.25) is 0 Å². The molecule has 0 atom stereocenters. The summed E-state index contributed by atoms with van der Waals surface area (Å²) in [5, 5.41) is 0. The van der Waals surface area contributed by atoms with Crippen LogP contribution in [-0.2, 0) is 10.1 Å². The average molecular weight is 387 g/mol. The van der Waals surface area contributed by atoms with E-state index < -0.39 is 10.1 Å². The van der Waals surface area contributed by atoms with E-state index in [0.29, 0.717) is 11.1 Å². The van der Waals surface area contributed by atoms with E-state index in [0.717, 1.165) is 15.7 Å². The van der Waals surface area contributed by atoms with Gasteiger partial charge in [-0.15, -0.1) is 0 Å². The van der Waals surface area contributed by atoms with Gasteiger partial charge in [-0.1, -0.05) is 22.4 Å². The van der Waals surface area contributed by atoms with Gasteiger partial charge >= 0.3 is 0 Å². The highest BCUT2D eigenvalue weighted by atomic mass is 79.9. The smallest absolute Gasteiger partial charge is 0.279 e. The fraction of sp³-hybridized carbons (Fsp3) is 0.267. The Kier molecular flexibility index (Phi) is 6.10. The Balaban J connectivity index is 0.000000235. The van der Waals surface area contributed by atoms with Crippen molar-refractivity contribution >= 4 is 26.0 Å². The number of nitrogens with zero attached hydrogens (tertiary/aromatic N) is 1. The molecule has 0 bridgehead atoms. The van der Waals surface area contributed by atoms with E-state index >= 15 is 0 Å². The van der Waals surface area contributed by atoms with Crippen molar-refractivity contribution in [1.82, 2.24) is 0 Å². The largest absolute Gasteiger partial charge is 0.744 e. The van der Waals surface area contributed by atoms with E-state index in [1.54, 1.807) is 32.2 Å². The van der Waals surface area contributed by atoms with Crippen LogP contribution in [0.2, 0.25) is 0 Å². The summed E-state index contributed by atoms with van der Waals surface area (Å²) in [6.45, 7) is 7.12. The predicted octanol–water partition coefficient (Wildman–Crippen LogP) is 2.27. The summed E-state index contributed by atoms with van der Waals surface area (Å²) in [5.74, 6) is 5.49. The van der Waals surface area contributed by atoms with Gasteiger partial charge in [-0.2, -0.15) is 0 Å². The molecule has 0 aliphatic carbocycles. The molecule has 0 saturated carbocycles. The second-order valence-corrected chi connectivity index (χ2v) is 7.14. The molecule has 120 valence electrons. The first-order chi connectivity index (χ1) is 10.0. The number of hydrogen-bond acceptors (Lipinski definition) is 4. The average Bonchev–Trinajstić information content (AvgIpc) is 2.33. The van der Waals surface area contributed by atoms with E-state index in [1.807, 2.05) is 26.0 Å². The summed E-state index contributed by atoms with van der Waals surface area (Å²) < 4.78 is 34.9. The summed E-state index contributed by atoms with van der Waals surface area (Å²) in [6, 6.07) is 7.28. The minimum atomic E-state index is -4.33. The maximum Gasteiger partial charge on any atom is 0.279 e. The molecular weight excluding hydrogens is 368 g/mol. The van der Waals surface area contributed by atoms with Gasteiger partial charge in [-0.05, 0) is 44.9 Å². The van der Waals surface area contributed by atoms with Crippen molar-refractivity contribution in [3.63, 3.8) is 0 Å². The normalized spacial score (nSPS) is 10.8. The molecule has 1 aromatic heterocycles. The van der Waals surface area contributed by atoms with E-state index in [2.05, 4.69) is 15.9 Å². The highest BCUT2D eigenvalue weighted by Crippen LogP contribution is 2.20. The second kappa shape index (κ2) is 7.21. The zero-order valence-electron chi connectivity index (χ0n) is 12.9. The standard InChI is InChI=1S/C9H12O3S.C6H8BrN2/c1-6-4-7(2)9(8(3)5-6)13(10,11)12;1-5-3-2-4-9(8)6(5)7/h4-5H,1-3H3,(H,10,11,12);2-4H,8H2,1H3/q;+1/p-1. The first-order valence-electron chi connectivity index (χ1n) is 6.49. The van der Waals surface area contributed by atoms with E-state index in [-0.39, 0.29) is 4.90 Å². The van der Waals surface area contributed by atoms with Crippen LogP contribution in [0.1, 0.15) is 22.3 Å². The number of halogens is 1. The Morgan fingerprint density at radius 2 is 1.59 bits per heavy atom. The van der Waals surface area contributed by atoms with E-state index in [9.17, 15) is 13.0 Å². The van der Waals surface area contributed by atoms with Crippen LogP contribution in [-0.4, -0.2) is 13.0 Å². The fourth-order valence-electron chi connectivity index (χ4n) is 2.18. The van der Waals surface area contributed by atoms with Crippen molar-refractivity contribution in [3.05, 3.63) is 57.3 Å². The summed E-state index contributed by atoms with van der Waals surface area (Å²) in [4.78, 5) is -0.0851. The maximum absolute atomic E-state index is 10.8. The summed E-state index contributed by atoms with van der Waals surface area (Å²) in [7, 11) is -4.33. The Hall–Kier alpha value is -1.44. The number of aryl methyl sites for hydroxylation is 4. The van der Waals surface area contributed by atoms with Crippen molar-refractivity contribution in [2.45, 2.75) is 32.6 Å². The molecule has 2 N–H and O–H groups in total. The van der Waals surface area contributed by atoms with Crippen molar-refractivity contribution in [2.75, 3.05) is 5.84 Å². The Morgan fingerprint density at radius 3 is 1.95 bits per heavy atom. The molecule has 0 fully saturated rings. The molecule has 0 amide bonds. The van der Waals surface area contributed by atoms with Crippen LogP contribution in [0.5, 0.6) is 0 Å². The van der Waals surface area contributed by atoms with Gasteiger partial charge in [0.15, 0.2) is 6.20 Å². The number of benzene rings is 1. The Labute approximate surface area is 139 Å². The zero-order valence-corrected chi connectivity index (χ0v) is 15.3. The lowest BCUT2D eigenvalue weighted by atomic mass is 10.1. The van der Waals surface area contributed by atoms with Gasteiger partial charge in [0.25, 0.3) is 4.60 Å². The molecule has 2 aromatic rings.